The maximum absolute atomic E-state index is 11.7. The van der Waals surface area contributed by atoms with Crippen molar-refractivity contribution in [1.82, 2.24) is 0 Å². The van der Waals surface area contributed by atoms with Gasteiger partial charge < -0.3 is 26.7 Å². The molecule has 2 rings (SSSR count). The molecule has 1 saturated heterocycles. The molecule has 1 aromatic carbocycles. The van der Waals surface area contributed by atoms with Crippen LogP contribution in [0.3, 0.4) is 0 Å². The van der Waals surface area contributed by atoms with Gasteiger partial charge in [-0.2, -0.15) is 0 Å². The molecule has 9 heteroatoms. The van der Waals surface area contributed by atoms with E-state index in [2.05, 4.69) is 4.99 Å². The molecule has 1 heterocycles. The number of esters is 1. The van der Waals surface area contributed by atoms with E-state index >= 15 is 0 Å². The summed E-state index contributed by atoms with van der Waals surface area (Å²) in [7, 11) is -6.00. The quantitative estimate of drug-likeness (QED) is 0.478. The van der Waals surface area contributed by atoms with E-state index in [1.807, 2.05) is 6.07 Å². The van der Waals surface area contributed by atoms with Crippen LogP contribution in [0, 0.1) is 0 Å². The molecule has 0 atom stereocenters. The van der Waals surface area contributed by atoms with Crippen LogP contribution in [0.5, 0.6) is 0 Å². The lowest BCUT2D eigenvalue weighted by atomic mass is 10.2. The van der Waals surface area contributed by atoms with Gasteiger partial charge in [0.2, 0.25) is 0 Å². The molecule has 1 aliphatic rings. The van der Waals surface area contributed by atoms with E-state index in [1.165, 1.54) is 0 Å². The Balaban J connectivity index is 0.000000709. The topological polar surface area (TPSA) is 47.9 Å². The van der Waals surface area contributed by atoms with Crippen LogP contribution in [0.4, 0.5) is 23.0 Å². The number of hydrogen-bond acceptors (Lipinski definition) is 4. The van der Waals surface area contributed by atoms with Gasteiger partial charge in [-0.05, 0) is 25.5 Å². The second kappa shape index (κ2) is 8.40. The van der Waals surface area contributed by atoms with Crippen LogP contribution in [0.1, 0.15) is 31.6 Å². The zero-order chi connectivity index (χ0) is 16.6. The van der Waals surface area contributed by atoms with E-state index < -0.39 is 7.25 Å². The summed E-state index contributed by atoms with van der Waals surface area (Å²) in [4.78, 5) is 16.1. The van der Waals surface area contributed by atoms with Crippen molar-refractivity contribution < 1.29 is 33.0 Å². The largest absolute Gasteiger partial charge is 1.00 e. The average Bonchev–Trinajstić information content (AvgIpc) is 2.90. The van der Waals surface area contributed by atoms with Crippen LogP contribution in [-0.2, 0) is 9.47 Å². The molecule has 22 heavy (non-hydrogen) atoms. The number of rotatable bonds is 3. The molecule has 0 spiro atoms. The molecule has 1 aromatic rings. The zero-order valence-corrected chi connectivity index (χ0v) is 11.9. The summed E-state index contributed by atoms with van der Waals surface area (Å²) in [5.74, 6) is 0.354. The monoisotopic (exact) mass is 321 g/mol. The van der Waals surface area contributed by atoms with E-state index in [0.717, 1.165) is 12.8 Å². The van der Waals surface area contributed by atoms with Crippen molar-refractivity contribution in [2.75, 3.05) is 13.2 Å². The molecule has 1 aliphatic heterocycles. The first kappa shape index (κ1) is 18.0. The van der Waals surface area contributed by atoms with E-state index in [0.29, 0.717) is 30.4 Å². The van der Waals surface area contributed by atoms with E-state index in [1.54, 1.807) is 25.1 Å². The summed E-state index contributed by atoms with van der Waals surface area (Å²) in [6.07, 6.45) is 1.82. The lowest BCUT2D eigenvalue weighted by Crippen LogP contribution is -2.05. The summed E-state index contributed by atoms with van der Waals surface area (Å²) in [5, 5.41) is 0. The molecule has 122 valence electrons. The Kier molecular flexibility index (Phi) is 6.87. The van der Waals surface area contributed by atoms with Gasteiger partial charge in [0, 0.05) is 6.42 Å². The number of para-hydroxylation sites is 1. The van der Waals surface area contributed by atoms with Crippen molar-refractivity contribution in [3.8, 4) is 0 Å². The second-order valence-corrected chi connectivity index (χ2v) is 4.19. The van der Waals surface area contributed by atoms with Gasteiger partial charge in [0.25, 0.3) is 0 Å². The minimum absolute atomic E-state index is 0. The predicted octanol–water partition coefficient (Wildman–Crippen LogP) is 4.12. The van der Waals surface area contributed by atoms with Gasteiger partial charge in [-0.25, -0.2) is 9.79 Å². The first-order valence-electron chi connectivity index (χ1n) is 6.65. The molecule has 4 nitrogen and oxygen atoms in total. The smallest absolute Gasteiger partial charge is 0.481 e. The van der Waals surface area contributed by atoms with Gasteiger partial charge in [-0.1, -0.05) is 12.1 Å². The van der Waals surface area contributed by atoms with Gasteiger partial charge in [-0.15, -0.1) is 0 Å². The Morgan fingerprint density at radius 3 is 2.55 bits per heavy atom. The van der Waals surface area contributed by atoms with Crippen molar-refractivity contribution >= 4 is 24.8 Å². The molecule has 0 aromatic heterocycles. The molecule has 0 radical (unpaired) electrons. The number of carbonyl (C=O) groups excluding carboxylic acids is 1. The minimum atomic E-state index is -6.00. The molecule has 0 amide bonds. The van der Waals surface area contributed by atoms with Crippen LogP contribution in [0.2, 0.25) is 0 Å². The molecular weight excluding hydrogens is 305 g/mol. The number of benzene rings is 1. The summed E-state index contributed by atoms with van der Waals surface area (Å²) in [6, 6.07) is 7.15. The highest BCUT2D eigenvalue weighted by Crippen LogP contribution is 2.22. The van der Waals surface area contributed by atoms with E-state index in [4.69, 9.17) is 9.47 Å². The average molecular weight is 321 g/mol. The van der Waals surface area contributed by atoms with Crippen LogP contribution in [-0.4, -0.2) is 32.3 Å². The molecule has 0 saturated carbocycles. The summed E-state index contributed by atoms with van der Waals surface area (Å²) >= 11 is 0. The summed E-state index contributed by atoms with van der Waals surface area (Å²) in [5.41, 5.74) is 1.10. The Labute approximate surface area is 126 Å². The maximum atomic E-state index is 11.7. The summed E-state index contributed by atoms with van der Waals surface area (Å²) < 4.78 is 49.3. The van der Waals surface area contributed by atoms with Crippen molar-refractivity contribution in [3.05, 3.63) is 29.8 Å². The van der Waals surface area contributed by atoms with Crippen LogP contribution in [0.25, 0.3) is 0 Å². The third kappa shape index (κ3) is 7.10. The maximum Gasteiger partial charge on any atom is 1.00 e. The molecule has 0 bridgehead atoms. The number of hydrogen-bond donors (Lipinski definition) is 0. The third-order valence-electron chi connectivity index (χ3n) is 2.45. The predicted molar refractivity (Wildman–Crippen MR) is 76.0 cm³/mol. The van der Waals surface area contributed by atoms with Crippen LogP contribution in [0.15, 0.2) is 29.3 Å². The second-order valence-electron chi connectivity index (χ2n) is 4.19. The van der Waals surface area contributed by atoms with Crippen LogP contribution < -0.4 is 0 Å². The third-order valence-corrected chi connectivity index (χ3v) is 2.45. The Morgan fingerprint density at radius 2 is 2.00 bits per heavy atom. The number of nitrogens with zero attached hydrogens (tertiary/aromatic N) is 1. The fourth-order valence-corrected chi connectivity index (χ4v) is 1.66. The fourth-order valence-electron chi connectivity index (χ4n) is 1.66. The highest BCUT2D eigenvalue weighted by Gasteiger charge is 2.20. The standard InChI is InChI=1S/C13H15NO3.BF4/c1-2-16-13(15)10-6-3-4-7-11(10)14-12-8-5-9-17-12;2-1(3,4)5/h3-4,6-7H,2,5,8-9H2,1H3;/q;-1/p+1. The first-order chi connectivity index (χ1) is 10.3. The first-order valence-corrected chi connectivity index (χ1v) is 6.65. The van der Waals surface area contributed by atoms with Gasteiger partial charge in [0.15, 0.2) is 5.90 Å². The highest BCUT2D eigenvalue weighted by atomic mass is 19.5. The van der Waals surface area contributed by atoms with Gasteiger partial charge in [-0.3, -0.25) is 0 Å². The Hall–Kier alpha value is -2.06. The fraction of sp³-hybridized carbons (Fsp3) is 0.385. The van der Waals surface area contributed by atoms with E-state index in [-0.39, 0.29) is 7.40 Å². The van der Waals surface area contributed by atoms with Gasteiger partial charge in [0.05, 0.1) is 24.5 Å². The Bertz CT molecular complexity index is 526. The Morgan fingerprint density at radius 1 is 1.36 bits per heavy atom. The van der Waals surface area contributed by atoms with Gasteiger partial charge >= 0.3 is 14.7 Å². The number of carbonyl (C=O) groups is 1. The number of ether oxygens (including phenoxy) is 2. The molecule has 0 unspecified atom stereocenters. The molecule has 0 aliphatic carbocycles. The van der Waals surface area contributed by atoms with Crippen LogP contribution >= 0.6 is 0 Å². The normalized spacial score (nSPS) is 15.8. The van der Waals surface area contributed by atoms with Crippen molar-refractivity contribution in [2.45, 2.75) is 19.8 Å². The molecule has 1 fully saturated rings. The highest BCUT2D eigenvalue weighted by molar-refractivity contribution is 6.50. The van der Waals surface area contributed by atoms with Gasteiger partial charge in [0.1, 0.15) is 0 Å². The van der Waals surface area contributed by atoms with Crippen molar-refractivity contribution in [3.63, 3.8) is 0 Å². The van der Waals surface area contributed by atoms with Crippen molar-refractivity contribution in [1.29, 1.82) is 0 Å². The summed E-state index contributed by atoms with van der Waals surface area (Å²) in [6.45, 7) is 2.85. The number of aliphatic imine (C=N–C) groups is 1. The number of halogens is 4. The minimum Gasteiger partial charge on any atom is -0.481 e. The van der Waals surface area contributed by atoms with E-state index in [9.17, 15) is 22.1 Å². The lowest BCUT2D eigenvalue weighted by Gasteiger charge is -2.05. The lowest BCUT2D eigenvalue weighted by molar-refractivity contribution is 0.0527. The molecular formula is C13H16BF4NO3. The van der Waals surface area contributed by atoms with Crippen molar-refractivity contribution in [2.24, 2.45) is 4.99 Å². The zero-order valence-electron chi connectivity index (χ0n) is 12.9. The SMILES string of the molecule is CCOC(=O)c1ccccc1N=C1CCCO1.F[B-](F)(F)F.[H+]. The molecule has 0 N–H and O–H groups in total.